The average Bonchev–Trinajstić information content (AvgIpc) is 2.63. The summed E-state index contributed by atoms with van der Waals surface area (Å²) in [6.07, 6.45) is 9.75. The second-order valence-corrected chi connectivity index (χ2v) is 9.21. The van der Waals surface area contributed by atoms with Gasteiger partial charge in [-0.1, -0.05) is 48.0 Å². The van der Waals surface area contributed by atoms with Crippen LogP contribution in [0, 0.1) is 22.7 Å². The van der Waals surface area contributed by atoms with E-state index < -0.39 is 0 Å². The lowest BCUT2D eigenvalue weighted by molar-refractivity contribution is 0.132. The van der Waals surface area contributed by atoms with Gasteiger partial charge in [-0.2, -0.15) is 0 Å². The molecule has 2 aliphatic carbocycles. The molecule has 0 bridgehead atoms. The average molecular weight is 280 g/mol. The summed E-state index contributed by atoms with van der Waals surface area (Å²) >= 11 is 0. The lowest BCUT2D eigenvalue weighted by Gasteiger charge is -2.40. The van der Waals surface area contributed by atoms with Gasteiger partial charge in [-0.05, 0) is 61.2 Å². The highest BCUT2D eigenvalue weighted by Crippen LogP contribution is 2.43. The van der Waals surface area contributed by atoms with Crippen molar-refractivity contribution in [3.63, 3.8) is 0 Å². The van der Waals surface area contributed by atoms with Crippen molar-refractivity contribution < 1.29 is 0 Å². The Kier molecular flexibility index (Phi) is 4.89. The molecule has 2 rings (SSSR count). The number of rotatable bonds is 4. The zero-order valence-electron chi connectivity index (χ0n) is 14.8. The first-order chi connectivity index (χ1) is 9.23. The minimum atomic E-state index is 0.549. The van der Waals surface area contributed by atoms with Gasteiger partial charge < -0.3 is 5.32 Å². The SMILES string of the molecule is CCC(C)(C)C1CCC(NC2CC(C)(C)CC2C)CC1. The molecule has 0 radical (unpaired) electrons. The number of nitrogens with one attached hydrogen (secondary N) is 1. The molecule has 20 heavy (non-hydrogen) atoms. The van der Waals surface area contributed by atoms with Crippen molar-refractivity contribution in [2.75, 3.05) is 0 Å². The van der Waals surface area contributed by atoms with Gasteiger partial charge in [0, 0.05) is 12.1 Å². The van der Waals surface area contributed by atoms with Crippen molar-refractivity contribution >= 4 is 0 Å². The molecular weight excluding hydrogens is 242 g/mol. The first-order valence-electron chi connectivity index (χ1n) is 8.99. The second kappa shape index (κ2) is 5.99. The van der Waals surface area contributed by atoms with Gasteiger partial charge in [-0.25, -0.2) is 0 Å². The summed E-state index contributed by atoms with van der Waals surface area (Å²) in [7, 11) is 0. The fourth-order valence-electron chi connectivity index (χ4n) is 4.75. The van der Waals surface area contributed by atoms with Crippen LogP contribution < -0.4 is 5.32 Å². The van der Waals surface area contributed by atoms with E-state index in [1.807, 2.05) is 0 Å². The molecule has 0 aromatic rings. The molecule has 0 aromatic heterocycles. The Morgan fingerprint density at radius 1 is 1.05 bits per heavy atom. The van der Waals surface area contributed by atoms with Gasteiger partial charge >= 0.3 is 0 Å². The van der Waals surface area contributed by atoms with E-state index in [4.69, 9.17) is 0 Å². The van der Waals surface area contributed by atoms with E-state index >= 15 is 0 Å². The third-order valence-electron chi connectivity index (χ3n) is 6.53. The highest BCUT2D eigenvalue weighted by atomic mass is 15.0. The van der Waals surface area contributed by atoms with Crippen molar-refractivity contribution in [2.45, 2.75) is 98.6 Å². The molecule has 0 amide bonds. The molecule has 0 spiro atoms. The molecule has 2 aliphatic rings. The molecular formula is C19H37N. The van der Waals surface area contributed by atoms with E-state index in [2.05, 4.69) is 46.9 Å². The summed E-state index contributed by atoms with van der Waals surface area (Å²) in [4.78, 5) is 0. The molecule has 2 fully saturated rings. The van der Waals surface area contributed by atoms with Crippen molar-refractivity contribution in [1.29, 1.82) is 0 Å². The Hall–Kier alpha value is -0.0400. The van der Waals surface area contributed by atoms with Gasteiger partial charge in [0.25, 0.3) is 0 Å². The summed E-state index contributed by atoms with van der Waals surface area (Å²) in [5.41, 5.74) is 1.10. The van der Waals surface area contributed by atoms with Crippen LogP contribution in [0.15, 0.2) is 0 Å². The molecule has 118 valence electrons. The van der Waals surface area contributed by atoms with Gasteiger partial charge in [0.05, 0.1) is 0 Å². The minimum absolute atomic E-state index is 0.549. The van der Waals surface area contributed by atoms with Gasteiger partial charge in [0.2, 0.25) is 0 Å². The summed E-state index contributed by atoms with van der Waals surface area (Å²) < 4.78 is 0. The van der Waals surface area contributed by atoms with Gasteiger partial charge in [0.1, 0.15) is 0 Å². The van der Waals surface area contributed by atoms with Crippen LogP contribution in [0.4, 0.5) is 0 Å². The molecule has 0 aliphatic heterocycles. The normalized spacial score (nSPS) is 38.1. The van der Waals surface area contributed by atoms with E-state index in [1.54, 1.807) is 0 Å². The molecule has 2 unspecified atom stereocenters. The standard InChI is InChI=1S/C19H37N/c1-7-19(5,6)15-8-10-16(11-9-15)20-17-13-18(3,4)12-14(17)2/h14-17,20H,7-13H2,1-6H3. The van der Waals surface area contributed by atoms with Crippen LogP contribution in [-0.2, 0) is 0 Å². The Bertz CT molecular complexity index is 310. The van der Waals surface area contributed by atoms with E-state index in [1.165, 1.54) is 44.9 Å². The Balaban J connectivity index is 1.81. The van der Waals surface area contributed by atoms with Crippen molar-refractivity contribution in [3.05, 3.63) is 0 Å². The number of hydrogen-bond donors (Lipinski definition) is 1. The zero-order chi connectivity index (χ0) is 15.0. The fraction of sp³-hybridized carbons (Fsp3) is 1.00. The third-order valence-corrected chi connectivity index (χ3v) is 6.53. The Morgan fingerprint density at radius 3 is 2.10 bits per heavy atom. The molecule has 1 heteroatoms. The second-order valence-electron chi connectivity index (χ2n) is 9.21. The van der Waals surface area contributed by atoms with Crippen LogP contribution in [0.1, 0.15) is 86.5 Å². The largest absolute Gasteiger partial charge is 0.311 e. The summed E-state index contributed by atoms with van der Waals surface area (Å²) in [5.74, 6) is 1.80. The summed E-state index contributed by atoms with van der Waals surface area (Å²) in [6.45, 7) is 14.6. The van der Waals surface area contributed by atoms with Crippen LogP contribution in [0.25, 0.3) is 0 Å². The van der Waals surface area contributed by atoms with Gasteiger partial charge in [0.15, 0.2) is 0 Å². The minimum Gasteiger partial charge on any atom is -0.311 e. The predicted molar refractivity (Wildman–Crippen MR) is 88.9 cm³/mol. The fourth-order valence-corrected chi connectivity index (χ4v) is 4.75. The first kappa shape index (κ1) is 16.3. The Labute approximate surface area is 127 Å². The van der Waals surface area contributed by atoms with Gasteiger partial charge in [-0.3, -0.25) is 0 Å². The molecule has 0 heterocycles. The summed E-state index contributed by atoms with van der Waals surface area (Å²) in [6, 6.07) is 1.56. The maximum atomic E-state index is 4.01. The van der Waals surface area contributed by atoms with Crippen LogP contribution >= 0.6 is 0 Å². The first-order valence-corrected chi connectivity index (χ1v) is 8.99. The third kappa shape index (κ3) is 3.78. The molecule has 2 atom stereocenters. The topological polar surface area (TPSA) is 12.0 Å². The van der Waals surface area contributed by atoms with E-state index in [-0.39, 0.29) is 0 Å². The molecule has 0 saturated heterocycles. The van der Waals surface area contributed by atoms with Crippen molar-refractivity contribution in [3.8, 4) is 0 Å². The summed E-state index contributed by atoms with van der Waals surface area (Å²) in [5, 5.41) is 4.01. The molecule has 1 N–H and O–H groups in total. The molecule has 0 aromatic carbocycles. The van der Waals surface area contributed by atoms with Crippen LogP contribution in [0.2, 0.25) is 0 Å². The number of hydrogen-bond acceptors (Lipinski definition) is 1. The van der Waals surface area contributed by atoms with E-state index in [0.717, 1.165) is 23.9 Å². The van der Waals surface area contributed by atoms with Crippen molar-refractivity contribution in [2.24, 2.45) is 22.7 Å². The zero-order valence-corrected chi connectivity index (χ0v) is 14.8. The lowest BCUT2D eigenvalue weighted by atomic mass is 9.69. The molecule has 1 nitrogen and oxygen atoms in total. The lowest BCUT2D eigenvalue weighted by Crippen LogP contribution is -2.43. The van der Waals surface area contributed by atoms with Crippen LogP contribution in [-0.4, -0.2) is 12.1 Å². The van der Waals surface area contributed by atoms with Gasteiger partial charge in [-0.15, -0.1) is 0 Å². The highest BCUT2D eigenvalue weighted by Gasteiger charge is 2.38. The molecule has 2 saturated carbocycles. The smallest absolute Gasteiger partial charge is 0.0101 e. The maximum Gasteiger partial charge on any atom is 0.0101 e. The Morgan fingerprint density at radius 2 is 1.65 bits per heavy atom. The van der Waals surface area contributed by atoms with Crippen LogP contribution in [0.3, 0.4) is 0 Å². The van der Waals surface area contributed by atoms with Crippen LogP contribution in [0.5, 0.6) is 0 Å². The quantitative estimate of drug-likeness (QED) is 0.727. The highest BCUT2D eigenvalue weighted by molar-refractivity contribution is 4.94. The van der Waals surface area contributed by atoms with E-state index in [9.17, 15) is 0 Å². The maximum absolute atomic E-state index is 4.01. The monoisotopic (exact) mass is 279 g/mol. The van der Waals surface area contributed by atoms with E-state index in [0.29, 0.717) is 10.8 Å². The van der Waals surface area contributed by atoms with Crippen molar-refractivity contribution in [1.82, 2.24) is 5.32 Å². The predicted octanol–water partition coefficient (Wildman–Crippen LogP) is 5.40.